The van der Waals surface area contributed by atoms with Crippen LogP contribution in [0.4, 0.5) is 5.69 Å². The molecule has 1 aromatic rings. The summed E-state index contributed by atoms with van der Waals surface area (Å²) in [5.41, 5.74) is 1.05. The van der Waals surface area contributed by atoms with Gasteiger partial charge in [-0.1, -0.05) is 123 Å². The van der Waals surface area contributed by atoms with Crippen LogP contribution in [0.3, 0.4) is 0 Å². The molecule has 3 nitrogen and oxygen atoms in total. The Morgan fingerprint density at radius 3 is 1.63 bits per heavy atom. The lowest BCUT2D eigenvalue weighted by atomic mass is 9.80. The number of hydrogen-bond acceptors (Lipinski definition) is 2. The Morgan fingerprint density at radius 1 is 0.714 bits per heavy atom. The maximum atomic E-state index is 14.9. The number of benzene rings is 1. The van der Waals surface area contributed by atoms with Crippen molar-refractivity contribution in [3.63, 3.8) is 0 Å². The third-order valence-electron chi connectivity index (χ3n) is 7.79. The Bertz CT molecular complexity index is 691. The monoisotopic (exact) mass is 507 g/mol. The molecule has 0 saturated carbocycles. The van der Waals surface area contributed by atoms with Gasteiger partial charge < -0.3 is 9.19 Å². The molecule has 35 heavy (non-hydrogen) atoms. The molecule has 1 atom stereocenters. The second kappa shape index (κ2) is 16.9. The molecule has 204 valence electrons. The minimum atomic E-state index is -3.14. The molecule has 0 heterocycles. The molecule has 0 bridgehead atoms. The highest BCUT2D eigenvalue weighted by atomic mass is 31.2. The Morgan fingerprint density at radius 2 is 1.17 bits per heavy atom. The summed E-state index contributed by atoms with van der Waals surface area (Å²) < 4.78 is 23.6. The molecule has 0 aliphatic carbocycles. The molecule has 1 unspecified atom stereocenters. The van der Waals surface area contributed by atoms with Gasteiger partial charge in [0.25, 0.3) is 0 Å². The van der Waals surface area contributed by atoms with Gasteiger partial charge in [-0.25, -0.2) is 0 Å². The summed E-state index contributed by atoms with van der Waals surface area (Å²) in [6, 6.07) is 10.2. The van der Waals surface area contributed by atoms with Crippen LogP contribution in [0.25, 0.3) is 0 Å². The smallest absolute Gasteiger partial charge is 0.301 e. The molecular weight excluding hydrogens is 449 g/mol. The van der Waals surface area contributed by atoms with Crippen LogP contribution in [-0.4, -0.2) is 18.8 Å². The second-order valence-electron chi connectivity index (χ2n) is 11.7. The summed E-state index contributed by atoms with van der Waals surface area (Å²) in [6.07, 6.45) is 18.1. The van der Waals surface area contributed by atoms with Crippen molar-refractivity contribution in [3.05, 3.63) is 30.3 Å². The predicted octanol–water partition coefficient (Wildman–Crippen LogP) is 11.0. The highest BCUT2D eigenvalue weighted by molar-refractivity contribution is 7.62. The zero-order valence-corrected chi connectivity index (χ0v) is 25.3. The Kier molecular flexibility index (Phi) is 15.5. The van der Waals surface area contributed by atoms with Gasteiger partial charge in [0.15, 0.2) is 0 Å². The van der Waals surface area contributed by atoms with Gasteiger partial charge in [-0.3, -0.25) is 4.57 Å². The van der Waals surface area contributed by atoms with Gasteiger partial charge >= 0.3 is 7.52 Å². The fraction of sp³-hybridized carbons (Fsp3) is 0.806. The lowest BCUT2D eigenvalue weighted by molar-refractivity contribution is 0.130. The molecule has 0 spiro atoms. The lowest BCUT2D eigenvalue weighted by Gasteiger charge is -2.42. The molecule has 0 amide bonds. The minimum Gasteiger partial charge on any atom is -0.312 e. The average Bonchev–Trinajstić information content (AvgIpc) is 2.86. The van der Waals surface area contributed by atoms with Gasteiger partial charge in [0, 0.05) is 12.7 Å². The summed E-state index contributed by atoms with van der Waals surface area (Å²) >= 11 is 0. The number of hydrogen-bond donors (Lipinski definition) is 0. The van der Waals surface area contributed by atoms with E-state index in [0.29, 0.717) is 6.61 Å². The van der Waals surface area contributed by atoms with Crippen molar-refractivity contribution < 1.29 is 9.09 Å². The van der Waals surface area contributed by atoms with Gasteiger partial charge in [0.05, 0.1) is 11.8 Å². The molecule has 0 radical (unpaired) electrons. The average molecular weight is 508 g/mol. The first-order valence-corrected chi connectivity index (χ1v) is 16.3. The van der Waals surface area contributed by atoms with Crippen LogP contribution in [0, 0.1) is 5.41 Å². The zero-order chi connectivity index (χ0) is 26.2. The van der Waals surface area contributed by atoms with Crippen LogP contribution in [0.15, 0.2) is 30.3 Å². The van der Waals surface area contributed by atoms with Crippen molar-refractivity contribution >= 4 is 13.2 Å². The molecule has 0 fully saturated rings. The van der Waals surface area contributed by atoms with E-state index in [4.69, 9.17) is 4.52 Å². The number of rotatable bonds is 21. The standard InChI is InChI=1S/C31H58NO2P/c1-8-11-14-20-25-30(4,5)35(33,32(7)29-23-18-17-19-24-29)34-28-31(6,26-21-15-12-9-2)27-22-16-13-10-3/h17-19,23-24H,8-16,20-22,25-28H2,1-7H3. The fourth-order valence-corrected chi connectivity index (χ4v) is 7.76. The third kappa shape index (κ3) is 11.0. The Balaban J connectivity index is 3.11. The van der Waals surface area contributed by atoms with Crippen molar-refractivity contribution in [2.24, 2.45) is 5.41 Å². The van der Waals surface area contributed by atoms with E-state index in [1.54, 1.807) is 0 Å². The number of anilines is 1. The maximum Gasteiger partial charge on any atom is 0.301 e. The zero-order valence-electron chi connectivity index (χ0n) is 24.4. The van der Waals surface area contributed by atoms with Gasteiger partial charge in [-0.05, 0) is 50.7 Å². The molecule has 1 aromatic carbocycles. The normalized spacial score (nSPS) is 14.1. The van der Waals surface area contributed by atoms with E-state index >= 15 is 0 Å². The molecule has 0 saturated heterocycles. The van der Waals surface area contributed by atoms with E-state index in [-0.39, 0.29) is 5.41 Å². The van der Waals surface area contributed by atoms with E-state index in [9.17, 15) is 4.57 Å². The molecule has 4 heteroatoms. The quantitative estimate of drug-likeness (QED) is 0.122. The minimum absolute atomic E-state index is 0.0764. The molecule has 1 rings (SSSR count). The van der Waals surface area contributed by atoms with E-state index in [0.717, 1.165) is 31.4 Å². The highest BCUT2D eigenvalue weighted by Crippen LogP contribution is 2.64. The SMILES string of the molecule is CCCCCCC(C)(CCCCCC)COP(=O)(N(C)c1ccccc1)C(C)(C)CCCCCC. The van der Waals surface area contributed by atoms with Crippen LogP contribution in [0.5, 0.6) is 0 Å². The lowest BCUT2D eigenvalue weighted by Crippen LogP contribution is -2.34. The van der Waals surface area contributed by atoms with Gasteiger partial charge in [0.2, 0.25) is 0 Å². The number of nitrogens with zero attached hydrogens (tertiary/aromatic N) is 1. The van der Waals surface area contributed by atoms with Crippen LogP contribution >= 0.6 is 7.52 Å². The van der Waals surface area contributed by atoms with Gasteiger partial charge in [-0.2, -0.15) is 0 Å². The maximum absolute atomic E-state index is 14.9. The van der Waals surface area contributed by atoms with Crippen molar-refractivity contribution in [1.29, 1.82) is 0 Å². The Hall–Kier alpha value is -0.790. The summed E-state index contributed by atoms with van der Waals surface area (Å²) in [4.78, 5) is 0. The molecule has 0 aromatic heterocycles. The van der Waals surface area contributed by atoms with E-state index in [2.05, 4.69) is 53.7 Å². The van der Waals surface area contributed by atoms with E-state index in [1.165, 1.54) is 70.6 Å². The van der Waals surface area contributed by atoms with E-state index in [1.807, 2.05) is 29.9 Å². The molecular formula is C31H58NO2P. The summed E-state index contributed by atoms with van der Waals surface area (Å²) in [7, 11) is -1.16. The highest BCUT2D eigenvalue weighted by Gasteiger charge is 2.46. The number of para-hydroxylation sites is 1. The number of unbranched alkanes of at least 4 members (excludes halogenated alkanes) is 9. The van der Waals surface area contributed by atoms with Crippen LogP contribution in [0.2, 0.25) is 0 Å². The van der Waals surface area contributed by atoms with Gasteiger partial charge in [0.1, 0.15) is 0 Å². The van der Waals surface area contributed by atoms with Gasteiger partial charge in [-0.15, -0.1) is 0 Å². The van der Waals surface area contributed by atoms with E-state index < -0.39 is 12.7 Å². The van der Waals surface area contributed by atoms with Crippen LogP contribution < -0.4 is 4.67 Å². The van der Waals surface area contributed by atoms with Crippen molar-refractivity contribution in [2.45, 2.75) is 143 Å². The topological polar surface area (TPSA) is 29.5 Å². The molecule has 0 aliphatic heterocycles. The summed E-state index contributed by atoms with van der Waals surface area (Å²) in [6.45, 7) is 14.1. The summed E-state index contributed by atoms with van der Waals surface area (Å²) in [5.74, 6) is 0. The van der Waals surface area contributed by atoms with Crippen molar-refractivity contribution in [3.8, 4) is 0 Å². The second-order valence-corrected chi connectivity index (χ2v) is 14.8. The predicted molar refractivity (Wildman–Crippen MR) is 157 cm³/mol. The van der Waals surface area contributed by atoms with Crippen LogP contribution in [-0.2, 0) is 9.09 Å². The molecule has 0 aliphatic rings. The first-order valence-electron chi connectivity index (χ1n) is 14.7. The largest absolute Gasteiger partial charge is 0.312 e. The fourth-order valence-electron chi connectivity index (χ4n) is 5.06. The molecule has 0 N–H and O–H groups in total. The first-order chi connectivity index (χ1) is 16.7. The Labute approximate surface area is 219 Å². The van der Waals surface area contributed by atoms with Crippen LogP contribution in [0.1, 0.15) is 138 Å². The summed E-state index contributed by atoms with van der Waals surface area (Å²) in [5, 5.41) is -0.406. The third-order valence-corrected chi connectivity index (χ3v) is 11.0. The van der Waals surface area contributed by atoms with Crippen molar-refractivity contribution in [1.82, 2.24) is 0 Å². The first kappa shape index (κ1) is 32.2. The van der Waals surface area contributed by atoms with Crippen molar-refractivity contribution in [2.75, 3.05) is 18.3 Å².